The minimum atomic E-state index is -0.203. The monoisotopic (exact) mass is 343 g/mol. The first kappa shape index (κ1) is 14.1. The van der Waals surface area contributed by atoms with E-state index in [9.17, 15) is 0 Å². The lowest BCUT2D eigenvalue weighted by Crippen LogP contribution is -2.20. The van der Waals surface area contributed by atoms with E-state index in [1.807, 2.05) is 12.1 Å². The lowest BCUT2D eigenvalue weighted by molar-refractivity contribution is 0.601. The van der Waals surface area contributed by atoms with Gasteiger partial charge in [0.2, 0.25) is 0 Å². The highest BCUT2D eigenvalue weighted by Gasteiger charge is 2.27. The summed E-state index contributed by atoms with van der Waals surface area (Å²) in [6.45, 7) is 6.41. The summed E-state index contributed by atoms with van der Waals surface area (Å²) in [5.74, 6) is 0.962. The third-order valence-corrected chi connectivity index (χ3v) is 4.42. The Morgan fingerprint density at radius 3 is 2.48 bits per heavy atom. The van der Waals surface area contributed by atoms with Crippen LogP contribution in [0.25, 0.3) is 11.0 Å². The predicted molar refractivity (Wildman–Crippen MR) is 91.5 cm³/mol. The van der Waals surface area contributed by atoms with Crippen molar-refractivity contribution in [2.45, 2.75) is 26.2 Å². The first-order chi connectivity index (χ1) is 9.88. The quantitative estimate of drug-likeness (QED) is 0.671. The van der Waals surface area contributed by atoms with Gasteiger partial charge in [0.25, 0.3) is 0 Å². The molecule has 0 aliphatic heterocycles. The van der Waals surface area contributed by atoms with Crippen LogP contribution in [-0.4, -0.2) is 9.97 Å². The summed E-state index contributed by atoms with van der Waals surface area (Å²) < 4.78 is 1.06. The molecule has 0 saturated heterocycles. The van der Waals surface area contributed by atoms with Crippen molar-refractivity contribution < 1.29 is 0 Å². The summed E-state index contributed by atoms with van der Waals surface area (Å²) in [6.07, 6.45) is 0. The number of nitrogens with one attached hydrogen (secondary N) is 1. The number of hydrogen-bond donors (Lipinski definition) is 2. The number of anilines is 1. The van der Waals surface area contributed by atoms with Crippen molar-refractivity contribution in [1.82, 2.24) is 9.97 Å². The van der Waals surface area contributed by atoms with E-state index in [4.69, 9.17) is 10.7 Å². The molecule has 3 N–H and O–H groups in total. The van der Waals surface area contributed by atoms with E-state index in [1.165, 1.54) is 5.56 Å². The molecule has 2 aromatic carbocycles. The van der Waals surface area contributed by atoms with Crippen molar-refractivity contribution in [3.8, 4) is 0 Å². The van der Waals surface area contributed by atoms with Crippen LogP contribution >= 0.6 is 15.9 Å². The molecule has 21 heavy (non-hydrogen) atoms. The van der Waals surface area contributed by atoms with Crippen molar-refractivity contribution >= 4 is 32.7 Å². The zero-order valence-electron chi connectivity index (χ0n) is 12.4. The number of nitrogen functional groups attached to an aromatic ring is 1. The second kappa shape index (κ2) is 4.88. The van der Waals surface area contributed by atoms with Gasteiger partial charge in [-0.25, -0.2) is 4.98 Å². The molecule has 3 rings (SSSR count). The fourth-order valence-corrected chi connectivity index (χ4v) is 3.15. The third-order valence-electron chi connectivity index (χ3n) is 3.97. The summed E-state index contributed by atoms with van der Waals surface area (Å²) in [6, 6.07) is 12.1. The minimum Gasteiger partial charge on any atom is -0.399 e. The van der Waals surface area contributed by atoms with Crippen molar-refractivity contribution in [2.75, 3.05) is 5.73 Å². The molecule has 3 aromatic rings. The molecule has 0 aliphatic carbocycles. The SMILES string of the molecule is Cc1cc(Br)cc2[nH]c(C(C)(C)c3ccc(N)cc3)nc12. The molecule has 0 atom stereocenters. The van der Waals surface area contributed by atoms with Crippen molar-refractivity contribution in [1.29, 1.82) is 0 Å². The van der Waals surface area contributed by atoms with Gasteiger partial charge in [-0.1, -0.05) is 28.1 Å². The maximum Gasteiger partial charge on any atom is 0.117 e. The van der Waals surface area contributed by atoms with Crippen LogP contribution in [-0.2, 0) is 5.41 Å². The molecule has 0 amide bonds. The van der Waals surface area contributed by atoms with E-state index in [0.29, 0.717) is 0 Å². The van der Waals surface area contributed by atoms with Crippen molar-refractivity contribution in [2.24, 2.45) is 0 Å². The van der Waals surface area contributed by atoms with Crippen LogP contribution in [0.2, 0.25) is 0 Å². The molecule has 0 fully saturated rings. The highest BCUT2D eigenvalue weighted by atomic mass is 79.9. The fraction of sp³-hybridized carbons (Fsp3) is 0.235. The Bertz CT molecular complexity index is 801. The van der Waals surface area contributed by atoms with Crippen molar-refractivity contribution in [3.63, 3.8) is 0 Å². The van der Waals surface area contributed by atoms with Gasteiger partial charge in [-0.05, 0) is 56.2 Å². The summed E-state index contributed by atoms with van der Waals surface area (Å²) in [7, 11) is 0. The number of aromatic nitrogens is 2. The Hall–Kier alpha value is -1.81. The summed E-state index contributed by atoms with van der Waals surface area (Å²) >= 11 is 3.53. The second-order valence-corrected chi connectivity index (χ2v) is 6.87. The largest absolute Gasteiger partial charge is 0.399 e. The van der Waals surface area contributed by atoms with Crippen LogP contribution in [0.5, 0.6) is 0 Å². The number of fused-ring (bicyclic) bond motifs is 1. The Labute approximate surface area is 132 Å². The molecule has 0 aliphatic rings. The molecule has 0 spiro atoms. The van der Waals surface area contributed by atoms with Gasteiger partial charge in [0.15, 0.2) is 0 Å². The fourth-order valence-electron chi connectivity index (χ4n) is 2.58. The number of halogens is 1. The third kappa shape index (κ3) is 2.44. The molecule has 1 heterocycles. The highest BCUT2D eigenvalue weighted by molar-refractivity contribution is 9.10. The standard InChI is InChI=1S/C17H18BrN3/c1-10-8-12(18)9-14-15(10)21-16(20-14)17(2,3)11-4-6-13(19)7-5-11/h4-9H,19H2,1-3H3,(H,20,21). The number of aryl methyl sites for hydroxylation is 1. The normalized spacial score (nSPS) is 12.0. The Morgan fingerprint density at radius 2 is 1.81 bits per heavy atom. The van der Waals surface area contributed by atoms with Gasteiger partial charge < -0.3 is 10.7 Å². The molecule has 0 bridgehead atoms. The Balaban J connectivity index is 2.14. The van der Waals surface area contributed by atoms with Gasteiger partial charge >= 0.3 is 0 Å². The molecule has 1 aromatic heterocycles. The van der Waals surface area contributed by atoms with E-state index >= 15 is 0 Å². The summed E-state index contributed by atoms with van der Waals surface area (Å²) in [5.41, 5.74) is 10.8. The van der Waals surface area contributed by atoms with E-state index in [0.717, 1.165) is 32.6 Å². The lowest BCUT2D eigenvalue weighted by atomic mass is 9.84. The number of hydrogen-bond acceptors (Lipinski definition) is 2. The van der Waals surface area contributed by atoms with Gasteiger partial charge in [0.05, 0.1) is 11.0 Å². The lowest BCUT2D eigenvalue weighted by Gasteiger charge is -2.22. The topological polar surface area (TPSA) is 54.7 Å². The van der Waals surface area contributed by atoms with Crippen molar-refractivity contribution in [3.05, 3.63) is 57.8 Å². The highest BCUT2D eigenvalue weighted by Crippen LogP contribution is 2.32. The van der Waals surface area contributed by atoms with Gasteiger partial charge in [-0.15, -0.1) is 0 Å². The van der Waals surface area contributed by atoms with Gasteiger partial charge in [-0.3, -0.25) is 0 Å². The van der Waals surface area contributed by atoms with E-state index < -0.39 is 0 Å². The van der Waals surface area contributed by atoms with E-state index in [-0.39, 0.29) is 5.41 Å². The van der Waals surface area contributed by atoms with Gasteiger partial charge in [-0.2, -0.15) is 0 Å². The van der Waals surface area contributed by atoms with Crippen LogP contribution in [0.15, 0.2) is 40.9 Å². The molecule has 0 saturated carbocycles. The second-order valence-electron chi connectivity index (χ2n) is 5.95. The molecule has 0 radical (unpaired) electrons. The number of imidazole rings is 1. The maximum atomic E-state index is 5.78. The van der Waals surface area contributed by atoms with E-state index in [1.54, 1.807) is 0 Å². The van der Waals surface area contributed by atoms with Crippen LogP contribution < -0.4 is 5.73 Å². The van der Waals surface area contributed by atoms with Crippen LogP contribution in [0.4, 0.5) is 5.69 Å². The number of benzene rings is 2. The number of rotatable bonds is 2. The van der Waals surface area contributed by atoms with E-state index in [2.05, 4.69) is 66.0 Å². The Morgan fingerprint density at radius 1 is 1.14 bits per heavy atom. The average Bonchev–Trinajstić information content (AvgIpc) is 2.84. The number of nitrogens with two attached hydrogens (primary N) is 1. The van der Waals surface area contributed by atoms with Crippen LogP contribution in [0.1, 0.15) is 30.8 Å². The predicted octanol–water partition coefficient (Wildman–Crippen LogP) is 4.54. The number of nitrogens with zero attached hydrogens (tertiary/aromatic N) is 1. The smallest absolute Gasteiger partial charge is 0.117 e. The van der Waals surface area contributed by atoms with Gasteiger partial charge in [0, 0.05) is 15.6 Å². The molecular weight excluding hydrogens is 326 g/mol. The summed E-state index contributed by atoms with van der Waals surface area (Å²) in [5, 5.41) is 0. The van der Waals surface area contributed by atoms with Crippen LogP contribution in [0, 0.1) is 6.92 Å². The molecule has 4 heteroatoms. The molecule has 3 nitrogen and oxygen atoms in total. The maximum absolute atomic E-state index is 5.78. The molecule has 108 valence electrons. The molecule has 0 unspecified atom stereocenters. The number of H-pyrrole nitrogens is 1. The van der Waals surface area contributed by atoms with Crippen LogP contribution in [0.3, 0.4) is 0 Å². The first-order valence-corrected chi connectivity index (χ1v) is 7.69. The molecular formula is C17H18BrN3. The summed E-state index contributed by atoms with van der Waals surface area (Å²) in [4.78, 5) is 8.27. The minimum absolute atomic E-state index is 0.203. The first-order valence-electron chi connectivity index (χ1n) is 6.90. The zero-order valence-corrected chi connectivity index (χ0v) is 14.0. The zero-order chi connectivity index (χ0) is 15.2. The Kier molecular flexibility index (Phi) is 3.29. The van der Waals surface area contributed by atoms with Gasteiger partial charge in [0.1, 0.15) is 5.82 Å². The number of aromatic amines is 1. The average molecular weight is 344 g/mol.